The summed E-state index contributed by atoms with van der Waals surface area (Å²) in [4.78, 5) is 13.0. The van der Waals surface area contributed by atoms with Gasteiger partial charge in [0.15, 0.2) is 0 Å². The standard InChI is InChI=1S/C21H26N2O4S/c1-16(17-10-12-19(27-2)13-11-17)22-21(24)18-7-6-14-23(15-18)28(25,26)20-8-4-3-5-9-20/h3-5,8-13,16,18H,6-7,14-15H2,1-2H3,(H,22,24)/t16-,18+/m0/s1. The number of carbonyl (C=O) groups is 1. The second kappa shape index (κ2) is 8.75. The number of amides is 1. The van der Waals surface area contributed by atoms with E-state index in [4.69, 9.17) is 4.74 Å². The molecule has 1 aliphatic heterocycles. The molecule has 6 nitrogen and oxygen atoms in total. The minimum atomic E-state index is -3.58. The summed E-state index contributed by atoms with van der Waals surface area (Å²) in [6.45, 7) is 2.56. The number of piperidine rings is 1. The van der Waals surface area contributed by atoms with Gasteiger partial charge in [-0.2, -0.15) is 4.31 Å². The van der Waals surface area contributed by atoms with Crippen molar-refractivity contribution in [3.63, 3.8) is 0 Å². The molecule has 1 heterocycles. The molecule has 0 unspecified atom stereocenters. The van der Waals surface area contributed by atoms with E-state index in [0.717, 1.165) is 11.3 Å². The van der Waals surface area contributed by atoms with E-state index in [0.29, 0.717) is 19.4 Å². The predicted octanol–water partition coefficient (Wildman–Crippen LogP) is 2.97. The second-order valence-electron chi connectivity index (χ2n) is 7.02. The highest BCUT2D eigenvalue weighted by molar-refractivity contribution is 7.89. The predicted molar refractivity (Wildman–Crippen MR) is 107 cm³/mol. The molecule has 1 fully saturated rings. The van der Waals surface area contributed by atoms with E-state index in [1.165, 1.54) is 4.31 Å². The number of benzene rings is 2. The van der Waals surface area contributed by atoms with Gasteiger partial charge in [-0.05, 0) is 49.6 Å². The summed E-state index contributed by atoms with van der Waals surface area (Å²) < 4.78 is 32.3. The van der Waals surface area contributed by atoms with E-state index in [-0.39, 0.29) is 29.3 Å². The Bertz CT molecular complexity index is 898. The maximum Gasteiger partial charge on any atom is 0.243 e. The van der Waals surface area contributed by atoms with Gasteiger partial charge in [-0.3, -0.25) is 4.79 Å². The maximum absolute atomic E-state index is 12.8. The van der Waals surface area contributed by atoms with Gasteiger partial charge in [-0.25, -0.2) is 8.42 Å². The second-order valence-corrected chi connectivity index (χ2v) is 8.96. The lowest BCUT2D eigenvalue weighted by molar-refractivity contribution is -0.126. The van der Waals surface area contributed by atoms with Gasteiger partial charge in [0.2, 0.25) is 15.9 Å². The molecule has 2 aromatic carbocycles. The molecule has 0 radical (unpaired) electrons. The molecule has 2 atom stereocenters. The molecule has 1 saturated heterocycles. The van der Waals surface area contributed by atoms with Crippen LogP contribution in [0.15, 0.2) is 59.5 Å². The van der Waals surface area contributed by atoms with E-state index in [2.05, 4.69) is 5.32 Å². The third kappa shape index (κ3) is 4.54. The Morgan fingerprint density at radius 2 is 1.82 bits per heavy atom. The number of nitrogens with zero attached hydrogens (tertiary/aromatic N) is 1. The normalized spacial score (nSPS) is 19.0. The van der Waals surface area contributed by atoms with Crippen molar-refractivity contribution in [1.82, 2.24) is 9.62 Å². The van der Waals surface area contributed by atoms with E-state index in [1.54, 1.807) is 37.4 Å². The Morgan fingerprint density at radius 3 is 2.46 bits per heavy atom. The van der Waals surface area contributed by atoms with Crippen LogP contribution in [0.3, 0.4) is 0 Å². The smallest absolute Gasteiger partial charge is 0.243 e. The van der Waals surface area contributed by atoms with Gasteiger partial charge in [-0.15, -0.1) is 0 Å². The summed E-state index contributed by atoms with van der Waals surface area (Å²) in [5.74, 6) is 0.292. The third-order valence-electron chi connectivity index (χ3n) is 5.11. The van der Waals surface area contributed by atoms with Gasteiger partial charge >= 0.3 is 0 Å². The third-order valence-corrected chi connectivity index (χ3v) is 6.99. The summed E-state index contributed by atoms with van der Waals surface area (Å²) >= 11 is 0. The summed E-state index contributed by atoms with van der Waals surface area (Å²) in [6, 6.07) is 15.7. The zero-order valence-corrected chi connectivity index (χ0v) is 17.0. The molecular formula is C21H26N2O4S. The van der Waals surface area contributed by atoms with Crippen molar-refractivity contribution in [3.8, 4) is 5.75 Å². The van der Waals surface area contributed by atoms with Gasteiger partial charge in [0, 0.05) is 13.1 Å². The highest BCUT2D eigenvalue weighted by Crippen LogP contribution is 2.25. The number of sulfonamides is 1. The first-order chi connectivity index (χ1) is 13.4. The van der Waals surface area contributed by atoms with Crippen LogP contribution < -0.4 is 10.1 Å². The molecule has 0 spiro atoms. The Labute approximate surface area is 166 Å². The van der Waals surface area contributed by atoms with Gasteiger partial charge in [0.05, 0.1) is 24.0 Å². The lowest BCUT2D eigenvalue weighted by Gasteiger charge is -2.32. The van der Waals surface area contributed by atoms with Crippen molar-refractivity contribution < 1.29 is 17.9 Å². The summed E-state index contributed by atoms with van der Waals surface area (Å²) in [6.07, 6.45) is 1.35. The van der Waals surface area contributed by atoms with Gasteiger partial charge in [-0.1, -0.05) is 30.3 Å². The molecule has 150 valence electrons. The average molecular weight is 403 g/mol. The van der Waals surface area contributed by atoms with Crippen LogP contribution in [0.25, 0.3) is 0 Å². The fourth-order valence-electron chi connectivity index (χ4n) is 3.42. The van der Waals surface area contributed by atoms with Crippen LogP contribution in [-0.4, -0.2) is 38.8 Å². The lowest BCUT2D eigenvalue weighted by atomic mass is 9.98. The van der Waals surface area contributed by atoms with Gasteiger partial charge in [0.25, 0.3) is 0 Å². The van der Waals surface area contributed by atoms with Crippen molar-refractivity contribution >= 4 is 15.9 Å². The number of ether oxygens (including phenoxy) is 1. The van der Waals surface area contributed by atoms with Crippen LogP contribution >= 0.6 is 0 Å². The zero-order chi connectivity index (χ0) is 20.1. The average Bonchev–Trinajstić information content (AvgIpc) is 2.74. The Hall–Kier alpha value is -2.38. The van der Waals surface area contributed by atoms with Crippen molar-refractivity contribution in [2.75, 3.05) is 20.2 Å². The number of carbonyl (C=O) groups excluding carboxylic acids is 1. The SMILES string of the molecule is COc1ccc([C@H](C)NC(=O)[C@@H]2CCCN(S(=O)(=O)c3ccccc3)C2)cc1. The molecule has 2 aromatic rings. The first-order valence-corrected chi connectivity index (χ1v) is 10.9. The number of methoxy groups -OCH3 is 1. The van der Waals surface area contributed by atoms with Crippen LogP contribution in [0.5, 0.6) is 5.75 Å². The molecule has 0 aliphatic carbocycles. The fraction of sp³-hybridized carbons (Fsp3) is 0.381. The Balaban J connectivity index is 1.65. The Morgan fingerprint density at radius 1 is 1.14 bits per heavy atom. The van der Waals surface area contributed by atoms with Gasteiger partial charge in [0.1, 0.15) is 5.75 Å². The number of rotatable bonds is 6. The molecule has 1 N–H and O–H groups in total. The van der Waals surface area contributed by atoms with E-state index >= 15 is 0 Å². The van der Waals surface area contributed by atoms with Gasteiger partial charge < -0.3 is 10.1 Å². The summed E-state index contributed by atoms with van der Waals surface area (Å²) in [7, 11) is -1.97. The zero-order valence-electron chi connectivity index (χ0n) is 16.2. The molecule has 0 bridgehead atoms. The van der Waals surface area contributed by atoms with Crippen molar-refractivity contribution in [2.45, 2.75) is 30.7 Å². The highest BCUT2D eigenvalue weighted by atomic mass is 32.2. The first-order valence-electron chi connectivity index (χ1n) is 9.41. The van der Waals surface area contributed by atoms with Crippen molar-refractivity contribution in [1.29, 1.82) is 0 Å². The van der Waals surface area contributed by atoms with Crippen LogP contribution in [0.4, 0.5) is 0 Å². The van der Waals surface area contributed by atoms with Crippen LogP contribution in [0.2, 0.25) is 0 Å². The summed E-state index contributed by atoms with van der Waals surface area (Å²) in [5.41, 5.74) is 0.971. The molecule has 28 heavy (non-hydrogen) atoms. The van der Waals surface area contributed by atoms with E-state index in [1.807, 2.05) is 31.2 Å². The Kier molecular flexibility index (Phi) is 6.36. The van der Waals surface area contributed by atoms with E-state index in [9.17, 15) is 13.2 Å². The minimum Gasteiger partial charge on any atom is -0.497 e. The molecule has 1 aliphatic rings. The highest BCUT2D eigenvalue weighted by Gasteiger charge is 2.33. The minimum absolute atomic E-state index is 0.115. The topological polar surface area (TPSA) is 75.7 Å². The molecule has 0 saturated carbocycles. The van der Waals surface area contributed by atoms with Crippen molar-refractivity contribution in [3.05, 3.63) is 60.2 Å². The largest absolute Gasteiger partial charge is 0.497 e. The van der Waals surface area contributed by atoms with E-state index < -0.39 is 10.0 Å². The number of hydrogen-bond acceptors (Lipinski definition) is 4. The number of hydrogen-bond donors (Lipinski definition) is 1. The van der Waals surface area contributed by atoms with Crippen LogP contribution in [0.1, 0.15) is 31.4 Å². The molecule has 3 rings (SSSR count). The first kappa shape index (κ1) is 20.4. The van der Waals surface area contributed by atoms with Crippen molar-refractivity contribution in [2.24, 2.45) is 5.92 Å². The van der Waals surface area contributed by atoms with Crippen LogP contribution in [-0.2, 0) is 14.8 Å². The fourth-order valence-corrected chi connectivity index (χ4v) is 4.97. The monoisotopic (exact) mass is 402 g/mol. The maximum atomic E-state index is 12.8. The summed E-state index contributed by atoms with van der Waals surface area (Å²) in [5, 5.41) is 3.01. The molecule has 0 aromatic heterocycles. The number of nitrogens with one attached hydrogen (secondary N) is 1. The molecule has 7 heteroatoms. The molecular weight excluding hydrogens is 376 g/mol. The van der Waals surface area contributed by atoms with Crippen LogP contribution in [0, 0.1) is 5.92 Å². The quantitative estimate of drug-likeness (QED) is 0.806. The lowest BCUT2D eigenvalue weighted by Crippen LogP contribution is -2.45. The molecule has 1 amide bonds.